The third-order valence-electron chi connectivity index (χ3n) is 4.39. The van der Waals surface area contributed by atoms with Crippen molar-refractivity contribution in [3.8, 4) is 0 Å². The van der Waals surface area contributed by atoms with Crippen LogP contribution in [0.2, 0.25) is 0 Å². The Morgan fingerprint density at radius 3 is 2.12 bits per heavy atom. The number of rotatable bonds is 9. The van der Waals surface area contributed by atoms with Crippen LogP contribution in [0.5, 0.6) is 0 Å². The molecule has 0 heterocycles. The number of hydrogen-bond acceptors (Lipinski definition) is 2. The summed E-state index contributed by atoms with van der Waals surface area (Å²) < 4.78 is 0. The lowest BCUT2D eigenvalue weighted by molar-refractivity contribution is -0.140. The number of unbranched alkanes of at least 4 members (excludes halogenated alkanes) is 1. The molecule has 138 valence electrons. The highest BCUT2D eigenvalue weighted by Gasteiger charge is 2.25. The Balaban J connectivity index is 2.12. The van der Waals surface area contributed by atoms with Gasteiger partial charge < -0.3 is 10.2 Å². The molecule has 4 heteroatoms. The maximum absolute atomic E-state index is 12.9. The van der Waals surface area contributed by atoms with E-state index in [1.54, 1.807) is 11.8 Å². The first-order chi connectivity index (χ1) is 12.6. The average molecular weight is 352 g/mol. The van der Waals surface area contributed by atoms with Gasteiger partial charge in [0, 0.05) is 13.1 Å². The minimum atomic E-state index is -0.511. The number of nitrogens with one attached hydrogen (secondary N) is 1. The molecule has 0 saturated heterocycles. The average Bonchev–Trinajstić information content (AvgIpc) is 2.67. The lowest BCUT2D eigenvalue weighted by atomic mass is 10.1. The molecule has 2 rings (SSSR count). The van der Waals surface area contributed by atoms with Crippen LogP contribution in [0.4, 0.5) is 0 Å². The molecule has 0 unspecified atom stereocenters. The molecule has 2 aromatic rings. The predicted octanol–water partition coefficient (Wildman–Crippen LogP) is 3.56. The highest BCUT2D eigenvalue weighted by Crippen LogP contribution is 2.12. The number of amides is 2. The topological polar surface area (TPSA) is 49.4 Å². The summed E-state index contributed by atoms with van der Waals surface area (Å²) in [7, 11) is 0. The summed E-state index contributed by atoms with van der Waals surface area (Å²) in [6, 6.07) is 18.9. The van der Waals surface area contributed by atoms with Crippen LogP contribution in [0.15, 0.2) is 60.7 Å². The summed E-state index contributed by atoms with van der Waals surface area (Å²) in [4.78, 5) is 27.1. The van der Waals surface area contributed by atoms with Crippen LogP contribution in [-0.4, -0.2) is 29.3 Å². The summed E-state index contributed by atoms with van der Waals surface area (Å²) in [5.74, 6) is -0.144. The Kier molecular flexibility index (Phi) is 7.87. The zero-order valence-electron chi connectivity index (χ0n) is 15.7. The molecule has 0 fully saturated rings. The summed E-state index contributed by atoms with van der Waals surface area (Å²) in [5.41, 5.74) is 1.97. The van der Waals surface area contributed by atoms with Gasteiger partial charge in [0.1, 0.15) is 6.04 Å². The van der Waals surface area contributed by atoms with Crippen molar-refractivity contribution in [2.75, 3.05) is 6.54 Å². The van der Waals surface area contributed by atoms with Crippen molar-refractivity contribution < 1.29 is 9.59 Å². The number of carbonyl (C=O) groups excluding carboxylic acids is 2. The monoisotopic (exact) mass is 352 g/mol. The Morgan fingerprint density at radius 2 is 1.54 bits per heavy atom. The molecule has 2 aromatic carbocycles. The molecule has 0 aromatic heterocycles. The van der Waals surface area contributed by atoms with Crippen molar-refractivity contribution >= 4 is 11.8 Å². The molecule has 1 N–H and O–H groups in total. The molecule has 26 heavy (non-hydrogen) atoms. The predicted molar refractivity (Wildman–Crippen MR) is 105 cm³/mol. The molecular weight excluding hydrogens is 324 g/mol. The van der Waals surface area contributed by atoms with Crippen LogP contribution in [-0.2, 0) is 22.6 Å². The van der Waals surface area contributed by atoms with Gasteiger partial charge in [-0.3, -0.25) is 9.59 Å². The quantitative estimate of drug-likeness (QED) is 0.702. The first-order valence-corrected chi connectivity index (χ1v) is 9.26. The number of benzene rings is 2. The molecule has 0 aliphatic carbocycles. The molecular formula is C22H28N2O2. The molecule has 0 radical (unpaired) electrons. The fourth-order valence-corrected chi connectivity index (χ4v) is 2.77. The van der Waals surface area contributed by atoms with E-state index in [-0.39, 0.29) is 11.8 Å². The lowest BCUT2D eigenvalue weighted by Crippen LogP contribution is -2.48. The molecule has 2 amide bonds. The fourth-order valence-electron chi connectivity index (χ4n) is 2.77. The first kappa shape index (κ1) is 19.7. The van der Waals surface area contributed by atoms with Crippen molar-refractivity contribution in [2.24, 2.45) is 0 Å². The summed E-state index contributed by atoms with van der Waals surface area (Å²) in [6.07, 6.45) is 2.25. The Labute approximate surface area is 156 Å². The molecule has 0 saturated carbocycles. The lowest BCUT2D eigenvalue weighted by Gasteiger charge is -2.29. The van der Waals surface area contributed by atoms with Crippen molar-refractivity contribution in [3.05, 3.63) is 71.8 Å². The summed E-state index contributed by atoms with van der Waals surface area (Å²) in [6.45, 7) is 4.95. The van der Waals surface area contributed by atoms with Gasteiger partial charge >= 0.3 is 0 Å². The minimum absolute atomic E-state index is 0.0433. The normalized spacial score (nSPS) is 11.6. The molecule has 1 atom stereocenters. The van der Waals surface area contributed by atoms with Gasteiger partial charge in [0.15, 0.2) is 0 Å². The van der Waals surface area contributed by atoms with Crippen molar-refractivity contribution in [1.29, 1.82) is 0 Å². The third kappa shape index (κ3) is 6.03. The highest BCUT2D eigenvalue weighted by atomic mass is 16.2. The zero-order valence-corrected chi connectivity index (χ0v) is 15.7. The first-order valence-electron chi connectivity index (χ1n) is 9.26. The maximum atomic E-state index is 12.9. The Morgan fingerprint density at radius 1 is 0.962 bits per heavy atom. The van der Waals surface area contributed by atoms with E-state index >= 15 is 0 Å². The van der Waals surface area contributed by atoms with Crippen LogP contribution in [0.25, 0.3) is 0 Å². The second-order valence-electron chi connectivity index (χ2n) is 6.49. The Hall–Kier alpha value is -2.62. The molecule has 0 aliphatic rings. The summed E-state index contributed by atoms with van der Waals surface area (Å²) in [5, 5.41) is 2.94. The maximum Gasteiger partial charge on any atom is 0.242 e. The second kappa shape index (κ2) is 10.4. The van der Waals surface area contributed by atoms with Gasteiger partial charge in [-0.15, -0.1) is 0 Å². The number of hydrogen-bond donors (Lipinski definition) is 1. The van der Waals surface area contributed by atoms with Crippen molar-refractivity contribution in [2.45, 2.75) is 45.7 Å². The van der Waals surface area contributed by atoms with Gasteiger partial charge in [-0.2, -0.15) is 0 Å². The van der Waals surface area contributed by atoms with E-state index < -0.39 is 6.04 Å². The van der Waals surface area contributed by atoms with Crippen LogP contribution in [0, 0.1) is 0 Å². The van der Waals surface area contributed by atoms with E-state index in [0.717, 1.165) is 24.0 Å². The van der Waals surface area contributed by atoms with Crippen molar-refractivity contribution in [1.82, 2.24) is 10.2 Å². The smallest absolute Gasteiger partial charge is 0.242 e. The van der Waals surface area contributed by atoms with Gasteiger partial charge in [0.25, 0.3) is 0 Å². The van der Waals surface area contributed by atoms with Gasteiger partial charge in [0.05, 0.1) is 6.42 Å². The van der Waals surface area contributed by atoms with E-state index in [9.17, 15) is 9.59 Å². The third-order valence-corrected chi connectivity index (χ3v) is 4.39. The number of carbonyl (C=O) groups is 2. The molecule has 0 aliphatic heterocycles. The van der Waals surface area contributed by atoms with E-state index in [4.69, 9.17) is 0 Å². The van der Waals surface area contributed by atoms with Crippen LogP contribution < -0.4 is 5.32 Å². The van der Waals surface area contributed by atoms with E-state index in [0.29, 0.717) is 19.5 Å². The second-order valence-corrected chi connectivity index (χ2v) is 6.49. The van der Waals surface area contributed by atoms with Gasteiger partial charge in [0.2, 0.25) is 11.8 Å². The number of nitrogens with zero attached hydrogens (tertiary/aromatic N) is 1. The largest absolute Gasteiger partial charge is 0.354 e. The minimum Gasteiger partial charge on any atom is -0.354 e. The van der Waals surface area contributed by atoms with Gasteiger partial charge in [-0.1, -0.05) is 74.0 Å². The van der Waals surface area contributed by atoms with Crippen molar-refractivity contribution in [3.63, 3.8) is 0 Å². The fraction of sp³-hybridized carbons (Fsp3) is 0.364. The molecule has 0 bridgehead atoms. The van der Waals surface area contributed by atoms with E-state index in [1.807, 2.05) is 60.7 Å². The van der Waals surface area contributed by atoms with Gasteiger partial charge in [-0.05, 0) is 24.5 Å². The Bertz CT molecular complexity index is 686. The van der Waals surface area contributed by atoms with Crippen LogP contribution >= 0.6 is 0 Å². The zero-order chi connectivity index (χ0) is 18.8. The molecule has 4 nitrogen and oxygen atoms in total. The summed E-state index contributed by atoms with van der Waals surface area (Å²) >= 11 is 0. The standard InChI is InChI=1S/C22H28N2O2/c1-3-4-15-23-22(26)18(2)24(17-20-13-9-6-10-14-20)21(25)16-19-11-7-5-8-12-19/h5-14,18H,3-4,15-17H2,1-2H3,(H,23,26)/t18-/m1/s1. The van der Waals surface area contributed by atoms with Crippen LogP contribution in [0.1, 0.15) is 37.8 Å². The van der Waals surface area contributed by atoms with E-state index in [2.05, 4.69) is 12.2 Å². The SMILES string of the molecule is CCCCNC(=O)[C@@H](C)N(Cc1ccccc1)C(=O)Cc1ccccc1. The molecule has 0 spiro atoms. The van der Waals surface area contributed by atoms with E-state index in [1.165, 1.54) is 0 Å². The highest BCUT2D eigenvalue weighted by molar-refractivity contribution is 5.88. The van der Waals surface area contributed by atoms with Crippen LogP contribution in [0.3, 0.4) is 0 Å². The van der Waals surface area contributed by atoms with Gasteiger partial charge in [-0.25, -0.2) is 0 Å².